The molecule has 2 heterocycles. The Morgan fingerprint density at radius 2 is 2.00 bits per heavy atom. The van der Waals surface area contributed by atoms with Crippen LogP contribution in [0, 0.1) is 26.6 Å². The van der Waals surface area contributed by atoms with E-state index in [9.17, 15) is 9.50 Å². The fourth-order valence-electron chi connectivity index (χ4n) is 2.66. The number of aromatic nitrogens is 3. The first-order valence-electron chi connectivity index (χ1n) is 7.13. The monoisotopic (exact) mass is 330 g/mol. The maximum Gasteiger partial charge on any atom is 0.152 e. The Balaban J connectivity index is 2.37. The predicted octanol–water partition coefficient (Wildman–Crippen LogP) is 3.11. The van der Waals surface area contributed by atoms with Crippen LogP contribution in [-0.2, 0) is 0 Å². The van der Waals surface area contributed by atoms with E-state index in [1.165, 1.54) is 23.0 Å². The lowest BCUT2D eigenvalue weighted by molar-refractivity contribution is 0.322. The average molecular weight is 330 g/mol. The van der Waals surface area contributed by atoms with E-state index in [0.717, 1.165) is 6.07 Å². The normalized spacial score (nSPS) is 11.5. The Hall–Kier alpha value is -3.16. The minimum Gasteiger partial charge on any atom is -0.508 e. The molecule has 0 atom stereocenters. The summed E-state index contributed by atoms with van der Waals surface area (Å²) in [4.78, 5) is 0. The zero-order valence-electron chi connectivity index (χ0n) is 13.3. The van der Waals surface area contributed by atoms with Gasteiger partial charge in [0, 0.05) is 11.6 Å². The molecule has 8 heteroatoms. The van der Waals surface area contributed by atoms with Gasteiger partial charge in [0.1, 0.15) is 17.2 Å². The summed E-state index contributed by atoms with van der Waals surface area (Å²) in [5.74, 6) is -0.297. The highest BCUT2D eigenvalue weighted by Gasteiger charge is 2.24. The fourth-order valence-corrected chi connectivity index (χ4v) is 2.66. The number of nitrogens with zero attached hydrogens (tertiary/aromatic N) is 4. The lowest BCUT2D eigenvalue weighted by Crippen LogP contribution is -2.03. The molecule has 1 aromatic carbocycles. The summed E-state index contributed by atoms with van der Waals surface area (Å²) in [6.45, 7) is 5.20. The van der Waals surface area contributed by atoms with Crippen molar-refractivity contribution < 1.29 is 19.2 Å². The first-order valence-corrected chi connectivity index (χ1v) is 7.13. The second-order valence-electron chi connectivity index (χ2n) is 5.34. The molecular formula is C16H15FN4O3. The average Bonchev–Trinajstić information content (AvgIpc) is 3.00. The molecule has 0 spiro atoms. The Morgan fingerprint density at radius 3 is 2.58 bits per heavy atom. The van der Waals surface area contributed by atoms with Crippen molar-refractivity contribution in [2.24, 2.45) is 5.16 Å². The van der Waals surface area contributed by atoms with Gasteiger partial charge in [-0.05, 0) is 32.9 Å². The van der Waals surface area contributed by atoms with Gasteiger partial charge in [-0.1, -0.05) is 10.3 Å². The van der Waals surface area contributed by atoms with Gasteiger partial charge in [0.25, 0.3) is 0 Å². The molecule has 0 bridgehead atoms. The summed E-state index contributed by atoms with van der Waals surface area (Å²) in [5, 5.41) is 29.7. The van der Waals surface area contributed by atoms with Crippen LogP contribution in [0.4, 0.5) is 4.39 Å². The molecule has 0 radical (unpaired) electrons. The predicted molar refractivity (Wildman–Crippen MR) is 84.3 cm³/mol. The van der Waals surface area contributed by atoms with E-state index in [0.29, 0.717) is 34.0 Å². The largest absolute Gasteiger partial charge is 0.508 e. The van der Waals surface area contributed by atoms with Gasteiger partial charge in [-0.25, -0.2) is 9.07 Å². The first kappa shape index (κ1) is 15.7. The summed E-state index contributed by atoms with van der Waals surface area (Å²) >= 11 is 0. The molecule has 0 aliphatic rings. The third-order valence-corrected chi connectivity index (χ3v) is 3.72. The van der Waals surface area contributed by atoms with Crippen molar-refractivity contribution in [3.8, 4) is 22.7 Å². The van der Waals surface area contributed by atoms with Gasteiger partial charge in [0.15, 0.2) is 5.82 Å². The molecule has 124 valence electrons. The fraction of sp³-hybridized carbons (Fsp3) is 0.188. The van der Waals surface area contributed by atoms with Crippen molar-refractivity contribution in [1.29, 1.82) is 0 Å². The van der Waals surface area contributed by atoms with Gasteiger partial charge in [-0.2, -0.15) is 5.10 Å². The quantitative estimate of drug-likeness (QED) is 0.437. The Labute approximate surface area is 136 Å². The van der Waals surface area contributed by atoms with E-state index in [4.69, 9.17) is 9.73 Å². The minimum atomic E-state index is -0.641. The van der Waals surface area contributed by atoms with Crippen LogP contribution in [0.3, 0.4) is 0 Å². The summed E-state index contributed by atoms with van der Waals surface area (Å²) in [7, 11) is 0. The molecule has 0 saturated heterocycles. The van der Waals surface area contributed by atoms with Crippen LogP contribution in [-0.4, -0.2) is 31.5 Å². The van der Waals surface area contributed by atoms with Crippen LogP contribution in [0.1, 0.15) is 22.7 Å². The highest BCUT2D eigenvalue weighted by atomic mass is 19.1. The molecule has 0 fully saturated rings. The van der Waals surface area contributed by atoms with Crippen LogP contribution in [0.5, 0.6) is 5.75 Å². The van der Waals surface area contributed by atoms with Crippen molar-refractivity contribution in [1.82, 2.24) is 14.9 Å². The smallest absolute Gasteiger partial charge is 0.152 e. The molecule has 0 saturated carbocycles. The van der Waals surface area contributed by atoms with Crippen molar-refractivity contribution >= 4 is 6.21 Å². The number of halogens is 1. The topological polar surface area (TPSA) is 96.7 Å². The van der Waals surface area contributed by atoms with Crippen molar-refractivity contribution in [3.05, 3.63) is 46.7 Å². The maximum atomic E-state index is 14.3. The highest BCUT2D eigenvalue weighted by molar-refractivity contribution is 5.91. The Kier molecular flexibility index (Phi) is 3.80. The lowest BCUT2D eigenvalue weighted by Gasteiger charge is -2.09. The molecule has 0 unspecified atom stereocenters. The van der Waals surface area contributed by atoms with Crippen LogP contribution in [0.15, 0.2) is 27.9 Å². The van der Waals surface area contributed by atoms with Crippen LogP contribution in [0.25, 0.3) is 16.9 Å². The van der Waals surface area contributed by atoms with Crippen LogP contribution < -0.4 is 0 Å². The van der Waals surface area contributed by atoms with Gasteiger partial charge >= 0.3 is 0 Å². The van der Waals surface area contributed by atoms with Gasteiger partial charge in [-0.3, -0.25) is 0 Å². The Morgan fingerprint density at radius 1 is 1.25 bits per heavy atom. The van der Waals surface area contributed by atoms with Gasteiger partial charge in [0.2, 0.25) is 0 Å². The second-order valence-corrected chi connectivity index (χ2v) is 5.34. The van der Waals surface area contributed by atoms with Crippen molar-refractivity contribution in [2.75, 3.05) is 0 Å². The zero-order valence-corrected chi connectivity index (χ0v) is 13.3. The first-order chi connectivity index (χ1) is 11.4. The molecule has 2 aromatic heterocycles. The summed E-state index contributed by atoms with van der Waals surface area (Å²) < 4.78 is 20.9. The maximum absolute atomic E-state index is 14.3. The number of phenols is 1. The lowest BCUT2D eigenvalue weighted by atomic mass is 10.0. The summed E-state index contributed by atoms with van der Waals surface area (Å²) in [6, 6.07) is 3.79. The number of phenolic OH excluding ortho intramolecular Hbond substituents is 1. The third kappa shape index (κ3) is 2.41. The molecule has 0 aliphatic heterocycles. The van der Waals surface area contributed by atoms with Crippen LogP contribution >= 0.6 is 0 Å². The molecule has 3 aromatic rings. The van der Waals surface area contributed by atoms with E-state index >= 15 is 0 Å². The van der Waals surface area contributed by atoms with Gasteiger partial charge < -0.3 is 14.8 Å². The number of aryl methyl sites for hydroxylation is 3. The number of hydrogen-bond donors (Lipinski definition) is 2. The Bertz CT molecular complexity index is 924. The SMILES string of the molecule is Cc1nn(-c2ccc(O)cc2F)c(-c2c(C)noc2C)c1/C=N/O. The van der Waals surface area contributed by atoms with Crippen LogP contribution in [0.2, 0.25) is 0 Å². The standard InChI is InChI=1S/C16H15FN4O3/c1-8-12(7-18-23)16(15-9(2)20-24-10(15)3)21(19-8)14-5-4-11(22)6-13(14)17/h4-7,22-23H,1-3H3/b18-7+. The van der Waals surface area contributed by atoms with E-state index in [1.807, 2.05) is 0 Å². The number of benzene rings is 1. The van der Waals surface area contributed by atoms with Crippen molar-refractivity contribution in [3.63, 3.8) is 0 Å². The molecule has 2 N–H and O–H groups in total. The number of aromatic hydroxyl groups is 1. The summed E-state index contributed by atoms with van der Waals surface area (Å²) in [6.07, 6.45) is 1.23. The molecular weight excluding hydrogens is 315 g/mol. The highest BCUT2D eigenvalue weighted by Crippen LogP contribution is 2.33. The second kappa shape index (κ2) is 5.80. The van der Waals surface area contributed by atoms with Gasteiger partial charge in [0.05, 0.1) is 28.9 Å². The van der Waals surface area contributed by atoms with E-state index < -0.39 is 5.82 Å². The van der Waals surface area contributed by atoms with E-state index in [-0.39, 0.29) is 11.4 Å². The molecule has 0 amide bonds. The third-order valence-electron chi connectivity index (χ3n) is 3.72. The summed E-state index contributed by atoms with van der Waals surface area (Å²) in [5.41, 5.74) is 2.92. The number of hydrogen-bond acceptors (Lipinski definition) is 6. The molecule has 24 heavy (non-hydrogen) atoms. The van der Waals surface area contributed by atoms with Crippen molar-refractivity contribution in [2.45, 2.75) is 20.8 Å². The molecule has 3 rings (SSSR count). The minimum absolute atomic E-state index is 0.142. The van der Waals surface area contributed by atoms with E-state index in [2.05, 4.69) is 15.4 Å². The number of oxime groups is 1. The zero-order chi connectivity index (χ0) is 17.4. The van der Waals surface area contributed by atoms with E-state index in [1.54, 1.807) is 20.8 Å². The number of rotatable bonds is 3. The molecule has 7 nitrogen and oxygen atoms in total. The van der Waals surface area contributed by atoms with Gasteiger partial charge in [-0.15, -0.1) is 0 Å². The molecule has 0 aliphatic carbocycles.